The highest BCUT2D eigenvalue weighted by molar-refractivity contribution is 8.00. The minimum absolute atomic E-state index is 0.126. The van der Waals surface area contributed by atoms with Gasteiger partial charge < -0.3 is 9.88 Å². The van der Waals surface area contributed by atoms with Crippen LogP contribution in [0, 0.1) is 17.6 Å². The van der Waals surface area contributed by atoms with E-state index in [9.17, 15) is 13.6 Å². The van der Waals surface area contributed by atoms with Crippen LogP contribution in [0.25, 0.3) is 11.4 Å². The molecule has 0 radical (unpaired) electrons. The summed E-state index contributed by atoms with van der Waals surface area (Å²) in [6.07, 6.45) is 0. The topological polar surface area (TPSA) is 59.8 Å². The number of hydrogen-bond acceptors (Lipinski definition) is 4. The molecule has 3 rings (SSSR count). The van der Waals surface area contributed by atoms with Crippen molar-refractivity contribution in [2.45, 2.75) is 37.7 Å². The summed E-state index contributed by atoms with van der Waals surface area (Å²) in [7, 11) is 0. The number of amides is 1. The maximum absolute atomic E-state index is 14.3. The lowest BCUT2D eigenvalue weighted by Gasteiger charge is -2.15. The number of halogens is 2. The number of para-hydroxylation sites is 1. The molecule has 0 saturated carbocycles. The molecule has 0 saturated heterocycles. The van der Waals surface area contributed by atoms with Crippen LogP contribution in [-0.2, 0) is 11.3 Å². The Kier molecular flexibility index (Phi) is 6.64. The maximum Gasteiger partial charge on any atom is 0.237 e. The number of carbonyl (C=O) groups excluding carboxylic acids is 1. The molecule has 1 amide bonds. The third-order valence-corrected chi connectivity index (χ3v) is 5.24. The third kappa shape index (κ3) is 5.00. The number of benzene rings is 2. The summed E-state index contributed by atoms with van der Waals surface area (Å²) < 4.78 is 29.9. The summed E-state index contributed by atoms with van der Waals surface area (Å²) in [5.74, 6) is -0.555. The fourth-order valence-corrected chi connectivity index (χ4v) is 3.61. The van der Waals surface area contributed by atoms with E-state index >= 15 is 0 Å². The zero-order chi connectivity index (χ0) is 21.0. The van der Waals surface area contributed by atoms with Crippen LogP contribution in [0.4, 0.5) is 14.5 Å². The molecule has 2 aromatic carbocycles. The van der Waals surface area contributed by atoms with Crippen molar-refractivity contribution in [3.05, 3.63) is 60.2 Å². The van der Waals surface area contributed by atoms with E-state index < -0.39 is 11.1 Å². The Bertz CT molecular complexity index is 1010. The molecule has 0 unspecified atom stereocenters. The highest BCUT2D eigenvalue weighted by Gasteiger charge is 2.23. The van der Waals surface area contributed by atoms with Crippen LogP contribution in [0.2, 0.25) is 0 Å². The minimum Gasteiger partial charge on any atom is -0.323 e. The van der Waals surface area contributed by atoms with E-state index in [0.717, 1.165) is 0 Å². The average Bonchev–Trinajstić information content (AvgIpc) is 3.05. The predicted octanol–water partition coefficient (Wildman–Crippen LogP) is 5.00. The molecule has 1 atom stereocenters. The number of anilines is 1. The van der Waals surface area contributed by atoms with Gasteiger partial charge in [-0.2, -0.15) is 0 Å². The summed E-state index contributed by atoms with van der Waals surface area (Å²) in [5.41, 5.74) is 0.483. The van der Waals surface area contributed by atoms with Gasteiger partial charge in [-0.25, -0.2) is 8.78 Å². The molecular formula is C21H22F2N4OS. The monoisotopic (exact) mass is 416 g/mol. The fourth-order valence-electron chi connectivity index (χ4n) is 2.76. The van der Waals surface area contributed by atoms with Crippen molar-refractivity contribution in [2.75, 3.05) is 5.32 Å². The lowest BCUT2D eigenvalue weighted by Crippen LogP contribution is -2.23. The van der Waals surface area contributed by atoms with Crippen molar-refractivity contribution in [3.63, 3.8) is 0 Å². The zero-order valence-corrected chi connectivity index (χ0v) is 17.2. The van der Waals surface area contributed by atoms with E-state index in [2.05, 4.69) is 15.5 Å². The summed E-state index contributed by atoms with van der Waals surface area (Å²) >= 11 is 1.20. The number of carbonyl (C=O) groups is 1. The number of nitrogens with zero attached hydrogens (tertiary/aromatic N) is 3. The van der Waals surface area contributed by atoms with Crippen LogP contribution in [0.3, 0.4) is 0 Å². The van der Waals surface area contributed by atoms with E-state index in [1.807, 2.05) is 18.4 Å². The summed E-state index contributed by atoms with van der Waals surface area (Å²) in [5, 5.41) is 10.9. The van der Waals surface area contributed by atoms with Gasteiger partial charge in [0.2, 0.25) is 5.91 Å². The van der Waals surface area contributed by atoms with Gasteiger partial charge in [0.05, 0.1) is 16.5 Å². The molecule has 1 N–H and O–H groups in total. The molecule has 0 spiro atoms. The van der Waals surface area contributed by atoms with Crippen LogP contribution in [-0.4, -0.2) is 25.9 Å². The zero-order valence-electron chi connectivity index (χ0n) is 16.4. The van der Waals surface area contributed by atoms with Gasteiger partial charge in [-0.1, -0.05) is 49.9 Å². The van der Waals surface area contributed by atoms with Crippen molar-refractivity contribution in [3.8, 4) is 11.4 Å². The van der Waals surface area contributed by atoms with Crippen LogP contribution >= 0.6 is 11.8 Å². The van der Waals surface area contributed by atoms with Crippen molar-refractivity contribution in [2.24, 2.45) is 5.92 Å². The largest absolute Gasteiger partial charge is 0.323 e. The van der Waals surface area contributed by atoms with Gasteiger partial charge in [0, 0.05) is 6.54 Å². The maximum atomic E-state index is 14.3. The number of thioether (sulfide) groups is 1. The molecule has 152 valence electrons. The molecule has 0 aliphatic rings. The number of nitrogens with one attached hydrogen (secondary N) is 1. The molecule has 0 aliphatic heterocycles. The smallest absolute Gasteiger partial charge is 0.237 e. The first-order chi connectivity index (χ1) is 13.9. The molecule has 3 aromatic rings. The Morgan fingerprint density at radius 3 is 2.34 bits per heavy atom. The predicted molar refractivity (Wildman–Crippen MR) is 111 cm³/mol. The summed E-state index contributed by atoms with van der Waals surface area (Å²) in [6.45, 7) is 6.35. The van der Waals surface area contributed by atoms with Crippen LogP contribution in [0.1, 0.15) is 20.8 Å². The van der Waals surface area contributed by atoms with E-state index in [0.29, 0.717) is 23.1 Å². The molecule has 1 aromatic heterocycles. The number of rotatable bonds is 7. The Balaban J connectivity index is 1.84. The molecule has 0 fully saturated rings. The van der Waals surface area contributed by atoms with E-state index in [-0.39, 0.29) is 23.3 Å². The van der Waals surface area contributed by atoms with Gasteiger partial charge in [-0.15, -0.1) is 10.2 Å². The molecule has 29 heavy (non-hydrogen) atoms. The van der Waals surface area contributed by atoms with Crippen molar-refractivity contribution < 1.29 is 13.6 Å². The van der Waals surface area contributed by atoms with Crippen LogP contribution in [0.5, 0.6) is 0 Å². The molecule has 8 heteroatoms. The van der Waals surface area contributed by atoms with Crippen LogP contribution < -0.4 is 5.32 Å². The van der Waals surface area contributed by atoms with Gasteiger partial charge in [0.1, 0.15) is 11.6 Å². The summed E-state index contributed by atoms with van der Waals surface area (Å²) in [6, 6.07) is 12.4. The van der Waals surface area contributed by atoms with Crippen molar-refractivity contribution in [1.29, 1.82) is 0 Å². The number of aromatic nitrogens is 3. The molecular weight excluding hydrogens is 394 g/mol. The Morgan fingerprint density at radius 2 is 1.69 bits per heavy atom. The highest BCUT2D eigenvalue weighted by atomic mass is 32.2. The normalized spacial score (nSPS) is 12.2. The first-order valence-electron chi connectivity index (χ1n) is 9.27. The summed E-state index contributed by atoms with van der Waals surface area (Å²) in [4.78, 5) is 12.5. The molecule has 0 bridgehead atoms. The minimum atomic E-state index is -0.557. The van der Waals surface area contributed by atoms with E-state index in [4.69, 9.17) is 0 Å². The van der Waals surface area contributed by atoms with Gasteiger partial charge in [-0.3, -0.25) is 4.79 Å². The molecule has 5 nitrogen and oxygen atoms in total. The van der Waals surface area contributed by atoms with Crippen molar-refractivity contribution in [1.82, 2.24) is 14.8 Å². The van der Waals surface area contributed by atoms with E-state index in [1.165, 1.54) is 30.0 Å². The first-order valence-corrected chi connectivity index (χ1v) is 10.1. The SMILES string of the molecule is CC(C)Cn1c(S[C@@H](C)C(=O)Nc2ccccc2F)nnc1-c1ccccc1F. The second kappa shape index (κ2) is 9.17. The average molecular weight is 416 g/mol. The quantitative estimate of drug-likeness (QED) is 0.551. The molecule has 0 aliphatic carbocycles. The lowest BCUT2D eigenvalue weighted by atomic mass is 10.2. The molecule has 1 heterocycles. The van der Waals surface area contributed by atoms with Gasteiger partial charge >= 0.3 is 0 Å². The van der Waals surface area contributed by atoms with Gasteiger partial charge in [0.25, 0.3) is 0 Å². The third-order valence-electron chi connectivity index (χ3n) is 4.16. The fraction of sp³-hybridized carbons (Fsp3) is 0.286. The second-order valence-corrected chi connectivity index (χ2v) is 8.33. The van der Waals surface area contributed by atoms with Crippen molar-refractivity contribution >= 4 is 23.4 Å². The lowest BCUT2D eigenvalue weighted by molar-refractivity contribution is -0.115. The Morgan fingerprint density at radius 1 is 1.03 bits per heavy atom. The van der Waals surface area contributed by atoms with Gasteiger partial charge in [-0.05, 0) is 37.1 Å². The standard InChI is InChI=1S/C21H22F2N4OS/c1-13(2)12-27-19(15-8-4-5-9-16(15)22)25-26-21(27)29-14(3)20(28)24-18-11-7-6-10-17(18)23/h4-11,13-14H,12H2,1-3H3,(H,24,28)/t14-/m0/s1. The number of hydrogen-bond donors (Lipinski definition) is 1. The second-order valence-electron chi connectivity index (χ2n) is 7.02. The van der Waals surface area contributed by atoms with Gasteiger partial charge in [0.15, 0.2) is 11.0 Å². The highest BCUT2D eigenvalue weighted by Crippen LogP contribution is 2.29. The Hall–Kier alpha value is -2.74. The van der Waals surface area contributed by atoms with Crippen LogP contribution in [0.15, 0.2) is 53.7 Å². The Labute approximate surface area is 172 Å². The van der Waals surface area contributed by atoms with E-state index in [1.54, 1.807) is 37.3 Å². The first kappa shape index (κ1) is 21.0.